The molecule has 4 heteroatoms. The van der Waals surface area contributed by atoms with Gasteiger partial charge >= 0.3 is 0 Å². The number of methoxy groups -OCH3 is 1. The third-order valence-corrected chi connectivity index (χ3v) is 4.25. The molecular formula is C18H16N2O2. The van der Waals surface area contributed by atoms with E-state index in [1.165, 1.54) is 5.56 Å². The van der Waals surface area contributed by atoms with E-state index in [2.05, 4.69) is 11.1 Å². The van der Waals surface area contributed by atoms with Crippen molar-refractivity contribution in [1.29, 1.82) is 0 Å². The van der Waals surface area contributed by atoms with E-state index in [4.69, 9.17) is 4.74 Å². The number of carbonyl (C=O) groups is 1. The molecule has 1 N–H and O–H groups in total. The van der Waals surface area contributed by atoms with Crippen LogP contribution < -0.4 is 9.64 Å². The lowest BCUT2D eigenvalue weighted by Crippen LogP contribution is -2.28. The van der Waals surface area contributed by atoms with Crippen molar-refractivity contribution in [3.8, 4) is 5.75 Å². The highest BCUT2D eigenvalue weighted by Crippen LogP contribution is 2.31. The molecule has 0 bridgehead atoms. The molecule has 22 heavy (non-hydrogen) atoms. The minimum atomic E-state index is 0.0319. The van der Waals surface area contributed by atoms with Gasteiger partial charge in [-0.15, -0.1) is 0 Å². The van der Waals surface area contributed by atoms with Gasteiger partial charge in [-0.05, 0) is 36.2 Å². The highest BCUT2D eigenvalue weighted by molar-refractivity contribution is 6.14. The van der Waals surface area contributed by atoms with Gasteiger partial charge in [-0.1, -0.05) is 18.2 Å². The lowest BCUT2D eigenvalue weighted by atomic mass is 10.1. The zero-order chi connectivity index (χ0) is 15.1. The van der Waals surface area contributed by atoms with Gasteiger partial charge in [0.05, 0.1) is 12.7 Å². The van der Waals surface area contributed by atoms with Crippen LogP contribution in [0.3, 0.4) is 0 Å². The van der Waals surface area contributed by atoms with E-state index in [1.54, 1.807) is 13.3 Å². The first kappa shape index (κ1) is 13.0. The van der Waals surface area contributed by atoms with Crippen molar-refractivity contribution in [3.05, 3.63) is 59.8 Å². The van der Waals surface area contributed by atoms with Crippen LogP contribution in [0.1, 0.15) is 15.9 Å². The Bertz CT molecular complexity index is 866. The summed E-state index contributed by atoms with van der Waals surface area (Å²) in [6.07, 6.45) is 2.70. The fraction of sp³-hybridized carbons (Fsp3) is 0.167. The predicted molar refractivity (Wildman–Crippen MR) is 86.7 cm³/mol. The number of amides is 1. The topological polar surface area (TPSA) is 45.3 Å². The molecule has 0 atom stereocenters. The summed E-state index contributed by atoms with van der Waals surface area (Å²) in [5.74, 6) is 0.785. The van der Waals surface area contributed by atoms with Crippen LogP contribution in [-0.2, 0) is 6.42 Å². The molecule has 0 unspecified atom stereocenters. The number of aromatic amines is 1. The Labute approximate surface area is 128 Å². The number of anilines is 1. The van der Waals surface area contributed by atoms with Gasteiger partial charge in [-0.2, -0.15) is 0 Å². The second-order valence-electron chi connectivity index (χ2n) is 5.45. The number of aromatic nitrogens is 1. The van der Waals surface area contributed by atoms with Crippen molar-refractivity contribution in [3.63, 3.8) is 0 Å². The Hall–Kier alpha value is -2.75. The van der Waals surface area contributed by atoms with Crippen molar-refractivity contribution < 1.29 is 9.53 Å². The third kappa shape index (κ3) is 1.88. The fourth-order valence-electron chi connectivity index (χ4n) is 3.10. The Balaban J connectivity index is 1.78. The quantitative estimate of drug-likeness (QED) is 0.787. The normalized spacial score (nSPS) is 13.4. The van der Waals surface area contributed by atoms with Crippen molar-refractivity contribution in [2.75, 3.05) is 18.6 Å². The van der Waals surface area contributed by atoms with Crippen molar-refractivity contribution >= 4 is 22.5 Å². The number of rotatable bonds is 2. The molecule has 0 spiro atoms. The minimum absolute atomic E-state index is 0.0319. The first-order valence-electron chi connectivity index (χ1n) is 7.33. The monoisotopic (exact) mass is 292 g/mol. The molecule has 4 rings (SSSR count). The Kier molecular flexibility index (Phi) is 2.89. The average Bonchev–Trinajstić information content (AvgIpc) is 3.17. The van der Waals surface area contributed by atoms with E-state index < -0.39 is 0 Å². The molecular weight excluding hydrogens is 276 g/mol. The second kappa shape index (κ2) is 4.91. The smallest absolute Gasteiger partial charge is 0.260 e. The Morgan fingerprint density at radius 1 is 1.23 bits per heavy atom. The maximum Gasteiger partial charge on any atom is 0.260 e. The van der Waals surface area contributed by atoms with Crippen LogP contribution in [0.15, 0.2) is 48.7 Å². The molecule has 1 amide bonds. The van der Waals surface area contributed by atoms with Crippen LogP contribution in [0, 0.1) is 0 Å². The standard InChI is InChI=1S/C18H16N2O2/c1-22-13-6-7-16-14(10-13)15(11-19-16)18(21)20-9-8-12-4-2-3-5-17(12)20/h2-7,10-11,19H,8-9H2,1H3. The minimum Gasteiger partial charge on any atom is -0.497 e. The maximum absolute atomic E-state index is 12.9. The van der Waals surface area contributed by atoms with Crippen LogP contribution in [0.5, 0.6) is 5.75 Å². The molecule has 1 aliphatic heterocycles. The van der Waals surface area contributed by atoms with Gasteiger partial charge in [0.15, 0.2) is 0 Å². The van der Waals surface area contributed by atoms with Gasteiger partial charge in [0.25, 0.3) is 5.91 Å². The molecule has 110 valence electrons. The maximum atomic E-state index is 12.9. The summed E-state index contributed by atoms with van der Waals surface area (Å²) in [6.45, 7) is 0.731. The largest absolute Gasteiger partial charge is 0.497 e. The molecule has 4 nitrogen and oxygen atoms in total. The molecule has 0 aliphatic carbocycles. The number of hydrogen-bond acceptors (Lipinski definition) is 2. The zero-order valence-electron chi connectivity index (χ0n) is 12.3. The number of fused-ring (bicyclic) bond motifs is 2. The van der Waals surface area contributed by atoms with Gasteiger partial charge in [-0.25, -0.2) is 0 Å². The lowest BCUT2D eigenvalue weighted by molar-refractivity contribution is 0.0991. The SMILES string of the molecule is COc1ccc2[nH]cc(C(=O)N3CCc4ccccc43)c2c1. The van der Waals surface area contributed by atoms with Crippen molar-refractivity contribution in [1.82, 2.24) is 4.98 Å². The van der Waals surface area contributed by atoms with E-state index in [9.17, 15) is 4.79 Å². The van der Waals surface area contributed by atoms with Gasteiger partial charge in [0.2, 0.25) is 0 Å². The second-order valence-corrected chi connectivity index (χ2v) is 5.45. The number of benzene rings is 2. The van der Waals surface area contributed by atoms with Crippen LogP contribution in [0.4, 0.5) is 5.69 Å². The van der Waals surface area contributed by atoms with Gasteiger partial charge < -0.3 is 14.6 Å². The van der Waals surface area contributed by atoms with Crippen molar-refractivity contribution in [2.24, 2.45) is 0 Å². The summed E-state index contributed by atoms with van der Waals surface area (Å²) in [7, 11) is 1.63. The highest BCUT2D eigenvalue weighted by Gasteiger charge is 2.26. The summed E-state index contributed by atoms with van der Waals surface area (Å²) in [6, 6.07) is 13.8. The molecule has 1 aromatic heterocycles. The molecule has 0 saturated heterocycles. The number of nitrogens with one attached hydrogen (secondary N) is 1. The molecule has 0 saturated carbocycles. The number of para-hydroxylation sites is 1. The van der Waals surface area contributed by atoms with Gasteiger partial charge in [-0.3, -0.25) is 4.79 Å². The highest BCUT2D eigenvalue weighted by atomic mass is 16.5. The van der Waals surface area contributed by atoms with E-state index in [0.717, 1.165) is 35.3 Å². The summed E-state index contributed by atoms with van der Waals surface area (Å²) in [5.41, 5.74) is 3.88. The predicted octanol–water partition coefficient (Wildman–Crippen LogP) is 3.38. The number of nitrogens with zero attached hydrogens (tertiary/aromatic N) is 1. The molecule has 0 radical (unpaired) electrons. The molecule has 2 heterocycles. The molecule has 0 fully saturated rings. The number of ether oxygens (including phenoxy) is 1. The van der Waals surface area contributed by atoms with Crippen LogP contribution in [-0.4, -0.2) is 24.5 Å². The number of carbonyl (C=O) groups excluding carboxylic acids is 1. The summed E-state index contributed by atoms with van der Waals surface area (Å²) in [5, 5.41) is 0.897. The number of hydrogen-bond donors (Lipinski definition) is 1. The Morgan fingerprint density at radius 2 is 2.09 bits per heavy atom. The lowest BCUT2D eigenvalue weighted by Gasteiger charge is -2.16. The van der Waals surface area contributed by atoms with E-state index >= 15 is 0 Å². The third-order valence-electron chi connectivity index (χ3n) is 4.25. The summed E-state index contributed by atoms with van der Waals surface area (Å²) in [4.78, 5) is 18.0. The molecule has 2 aromatic carbocycles. The van der Waals surface area contributed by atoms with Crippen molar-refractivity contribution in [2.45, 2.75) is 6.42 Å². The fourth-order valence-corrected chi connectivity index (χ4v) is 3.10. The summed E-state index contributed by atoms with van der Waals surface area (Å²) >= 11 is 0. The molecule has 1 aliphatic rings. The van der Waals surface area contributed by atoms with Crippen LogP contribution in [0.2, 0.25) is 0 Å². The van der Waals surface area contributed by atoms with E-state index in [-0.39, 0.29) is 5.91 Å². The first-order valence-corrected chi connectivity index (χ1v) is 7.33. The van der Waals surface area contributed by atoms with E-state index in [0.29, 0.717) is 5.56 Å². The van der Waals surface area contributed by atoms with Gasteiger partial charge in [0.1, 0.15) is 5.75 Å². The summed E-state index contributed by atoms with van der Waals surface area (Å²) < 4.78 is 5.27. The van der Waals surface area contributed by atoms with E-state index in [1.807, 2.05) is 41.3 Å². The zero-order valence-corrected chi connectivity index (χ0v) is 12.3. The van der Waals surface area contributed by atoms with Crippen LogP contribution in [0.25, 0.3) is 10.9 Å². The average molecular weight is 292 g/mol. The number of H-pyrrole nitrogens is 1. The van der Waals surface area contributed by atoms with Crippen LogP contribution >= 0.6 is 0 Å². The molecule has 3 aromatic rings. The first-order chi connectivity index (χ1) is 10.8. The van der Waals surface area contributed by atoms with Gasteiger partial charge in [0, 0.05) is 29.3 Å². The Morgan fingerprint density at radius 3 is 2.95 bits per heavy atom.